The van der Waals surface area contributed by atoms with Gasteiger partial charge in [0.05, 0.1) is 0 Å². The van der Waals surface area contributed by atoms with Crippen molar-refractivity contribution in [3.05, 3.63) is 19.1 Å². The van der Waals surface area contributed by atoms with E-state index in [1.807, 2.05) is 6.08 Å². The quantitative estimate of drug-likeness (QED) is 0.601. The van der Waals surface area contributed by atoms with Gasteiger partial charge in [-0.3, -0.25) is 0 Å². The van der Waals surface area contributed by atoms with Gasteiger partial charge in [-0.05, 0) is 68.1 Å². The van der Waals surface area contributed by atoms with Gasteiger partial charge in [0.25, 0.3) is 0 Å². The van der Waals surface area contributed by atoms with Crippen LogP contribution in [0.5, 0.6) is 0 Å². The van der Waals surface area contributed by atoms with E-state index in [-0.39, 0.29) is 0 Å². The van der Waals surface area contributed by atoms with E-state index in [4.69, 9.17) is 0 Å². The molecule has 0 heterocycles. The summed E-state index contributed by atoms with van der Waals surface area (Å²) >= 11 is 0. The maximum atomic E-state index is 3.88. The van der Waals surface area contributed by atoms with E-state index >= 15 is 0 Å². The SMILES string of the molecule is C=C[CH]C12CC3CC(CC(C3)C1)C2. The lowest BCUT2D eigenvalue weighted by Gasteiger charge is -2.56. The highest BCUT2D eigenvalue weighted by Crippen LogP contribution is 2.61. The van der Waals surface area contributed by atoms with Crippen LogP contribution in [0.25, 0.3) is 0 Å². The van der Waals surface area contributed by atoms with Crippen LogP contribution < -0.4 is 0 Å². The van der Waals surface area contributed by atoms with Gasteiger partial charge in [-0.1, -0.05) is 6.08 Å². The van der Waals surface area contributed by atoms with E-state index in [2.05, 4.69) is 13.0 Å². The van der Waals surface area contributed by atoms with Crippen LogP contribution in [0.1, 0.15) is 38.5 Å². The Morgan fingerprint density at radius 2 is 1.38 bits per heavy atom. The second-order valence-electron chi connectivity index (χ2n) is 5.68. The largest absolute Gasteiger partial charge is 0.103 e. The summed E-state index contributed by atoms with van der Waals surface area (Å²) in [7, 11) is 0. The van der Waals surface area contributed by atoms with Crippen molar-refractivity contribution in [1.29, 1.82) is 0 Å². The molecule has 0 atom stereocenters. The van der Waals surface area contributed by atoms with E-state index in [1.54, 1.807) is 19.3 Å². The summed E-state index contributed by atoms with van der Waals surface area (Å²) in [6.45, 7) is 3.88. The van der Waals surface area contributed by atoms with Crippen molar-refractivity contribution in [3.8, 4) is 0 Å². The van der Waals surface area contributed by atoms with E-state index in [0.717, 1.165) is 17.8 Å². The summed E-state index contributed by atoms with van der Waals surface area (Å²) in [5, 5.41) is 0. The average molecular weight is 175 g/mol. The summed E-state index contributed by atoms with van der Waals surface area (Å²) in [4.78, 5) is 0. The van der Waals surface area contributed by atoms with E-state index in [1.165, 1.54) is 19.3 Å². The molecule has 4 bridgehead atoms. The molecule has 0 spiro atoms. The fourth-order valence-electron chi connectivity index (χ4n) is 4.63. The van der Waals surface area contributed by atoms with Crippen LogP contribution in [0, 0.1) is 29.6 Å². The maximum absolute atomic E-state index is 3.88. The highest BCUT2D eigenvalue weighted by molar-refractivity contribution is 5.11. The zero-order chi connectivity index (χ0) is 8.89. The fraction of sp³-hybridized carbons (Fsp3) is 0.769. The summed E-state index contributed by atoms with van der Waals surface area (Å²) in [6, 6.07) is 0. The van der Waals surface area contributed by atoms with Gasteiger partial charge in [-0.15, -0.1) is 6.58 Å². The third-order valence-corrected chi connectivity index (χ3v) is 4.56. The van der Waals surface area contributed by atoms with E-state index < -0.39 is 0 Å². The number of hydrogen-bond donors (Lipinski definition) is 0. The second-order valence-corrected chi connectivity index (χ2v) is 5.68. The van der Waals surface area contributed by atoms with Gasteiger partial charge < -0.3 is 0 Å². The fourth-order valence-corrected chi connectivity index (χ4v) is 4.63. The van der Waals surface area contributed by atoms with E-state index in [0.29, 0.717) is 5.41 Å². The Morgan fingerprint density at radius 3 is 1.77 bits per heavy atom. The first kappa shape index (κ1) is 8.08. The monoisotopic (exact) mass is 175 g/mol. The predicted molar refractivity (Wildman–Crippen MR) is 55.1 cm³/mol. The zero-order valence-electron chi connectivity index (χ0n) is 8.34. The second kappa shape index (κ2) is 2.62. The van der Waals surface area contributed by atoms with Crippen molar-refractivity contribution in [3.63, 3.8) is 0 Å². The highest BCUT2D eigenvalue weighted by Gasteiger charge is 2.50. The highest BCUT2D eigenvalue weighted by atomic mass is 14.5. The molecule has 4 rings (SSSR count). The molecule has 0 nitrogen and oxygen atoms in total. The molecular weight excluding hydrogens is 156 g/mol. The molecule has 0 aromatic heterocycles. The molecule has 4 aliphatic rings. The van der Waals surface area contributed by atoms with Crippen molar-refractivity contribution in [2.75, 3.05) is 0 Å². The first-order valence-electron chi connectivity index (χ1n) is 5.77. The van der Waals surface area contributed by atoms with Crippen LogP contribution >= 0.6 is 0 Å². The van der Waals surface area contributed by atoms with Gasteiger partial charge in [-0.2, -0.15) is 0 Å². The van der Waals surface area contributed by atoms with Crippen molar-refractivity contribution >= 4 is 0 Å². The molecule has 71 valence electrons. The van der Waals surface area contributed by atoms with Crippen LogP contribution in [0.4, 0.5) is 0 Å². The predicted octanol–water partition coefficient (Wildman–Crippen LogP) is 3.59. The van der Waals surface area contributed by atoms with Gasteiger partial charge >= 0.3 is 0 Å². The normalized spacial score (nSPS) is 52.5. The number of rotatable bonds is 2. The molecule has 13 heavy (non-hydrogen) atoms. The lowest BCUT2D eigenvalue weighted by atomic mass is 9.49. The summed E-state index contributed by atoms with van der Waals surface area (Å²) in [5.74, 6) is 3.22. The van der Waals surface area contributed by atoms with Crippen molar-refractivity contribution < 1.29 is 0 Å². The molecule has 0 aromatic carbocycles. The smallest absolute Gasteiger partial charge is 0.0111 e. The Kier molecular flexibility index (Phi) is 1.63. The number of hydrogen-bond acceptors (Lipinski definition) is 0. The lowest BCUT2D eigenvalue weighted by molar-refractivity contribution is -0.0306. The molecule has 0 aromatic rings. The van der Waals surface area contributed by atoms with Crippen molar-refractivity contribution in [1.82, 2.24) is 0 Å². The van der Waals surface area contributed by atoms with Crippen LogP contribution in [-0.4, -0.2) is 0 Å². The minimum Gasteiger partial charge on any atom is -0.103 e. The molecule has 0 amide bonds. The topological polar surface area (TPSA) is 0 Å². The first-order chi connectivity index (χ1) is 6.30. The average Bonchev–Trinajstić information content (AvgIpc) is 2.00. The molecule has 0 unspecified atom stereocenters. The number of allylic oxidation sites excluding steroid dienone is 1. The van der Waals surface area contributed by atoms with Crippen molar-refractivity contribution in [2.24, 2.45) is 23.2 Å². The Hall–Kier alpha value is -0.260. The lowest BCUT2D eigenvalue weighted by Crippen LogP contribution is -2.45. The third-order valence-electron chi connectivity index (χ3n) is 4.56. The van der Waals surface area contributed by atoms with Gasteiger partial charge in [0, 0.05) is 0 Å². The minimum atomic E-state index is 0.608. The summed E-state index contributed by atoms with van der Waals surface area (Å²) in [5.41, 5.74) is 0.608. The molecule has 4 fully saturated rings. The van der Waals surface area contributed by atoms with Crippen LogP contribution in [0.2, 0.25) is 0 Å². The van der Waals surface area contributed by atoms with Gasteiger partial charge in [-0.25, -0.2) is 0 Å². The minimum absolute atomic E-state index is 0.608. The Labute approximate surface area is 81.4 Å². The van der Waals surface area contributed by atoms with Gasteiger partial charge in [0.2, 0.25) is 0 Å². The molecule has 4 aliphatic carbocycles. The van der Waals surface area contributed by atoms with Crippen LogP contribution in [0.15, 0.2) is 12.7 Å². The summed E-state index contributed by atoms with van der Waals surface area (Å²) < 4.78 is 0. The molecule has 0 N–H and O–H groups in total. The maximum Gasteiger partial charge on any atom is -0.0111 e. The zero-order valence-corrected chi connectivity index (χ0v) is 8.34. The molecule has 0 saturated heterocycles. The molecule has 0 heteroatoms. The molecule has 0 aliphatic heterocycles. The van der Waals surface area contributed by atoms with E-state index in [9.17, 15) is 0 Å². The van der Waals surface area contributed by atoms with Crippen molar-refractivity contribution in [2.45, 2.75) is 38.5 Å². The Balaban J connectivity index is 1.87. The third kappa shape index (κ3) is 1.18. The Morgan fingerprint density at radius 1 is 0.923 bits per heavy atom. The Bertz CT molecular complexity index is 191. The molecule has 4 saturated carbocycles. The van der Waals surface area contributed by atoms with Gasteiger partial charge in [0.1, 0.15) is 0 Å². The van der Waals surface area contributed by atoms with Gasteiger partial charge in [0.15, 0.2) is 0 Å². The van der Waals surface area contributed by atoms with Crippen LogP contribution in [-0.2, 0) is 0 Å². The first-order valence-corrected chi connectivity index (χ1v) is 5.77. The summed E-state index contributed by atoms with van der Waals surface area (Å²) in [6.07, 6.45) is 13.5. The standard InChI is InChI=1S/C13H19/c1-2-3-13-7-10-4-11(8-13)6-12(5-10)9-13/h2-3,10-12H,1,4-9H2. The molecule has 1 radical (unpaired) electrons. The van der Waals surface area contributed by atoms with Crippen LogP contribution in [0.3, 0.4) is 0 Å². The molecular formula is C13H19.